The molecule has 0 amide bonds. The van der Waals surface area contributed by atoms with Crippen molar-refractivity contribution in [3.63, 3.8) is 0 Å². The van der Waals surface area contributed by atoms with Gasteiger partial charge in [-0.05, 0) is 47.7 Å². The molecule has 2 rings (SSSR count). The third-order valence-electron chi connectivity index (χ3n) is 2.59. The zero-order chi connectivity index (χ0) is 14.0. The summed E-state index contributed by atoms with van der Waals surface area (Å²) in [6.07, 6.45) is 0.522. The lowest BCUT2D eigenvalue weighted by molar-refractivity contribution is -0.138. The second kappa shape index (κ2) is 6.24. The zero-order valence-corrected chi connectivity index (χ0v) is 14.1. The van der Waals surface area contributed by atoms with Gasteiger partial charge in [0.2, 0.25) is 0 Å². The standard InChI is InChI=1S/C14H12ClIO2S/c1-3-18-14(17)8(2)6-12-13(16)10-7-9(15)4-5-11(10)19-12/h4-5,7H,2-3,6H2,1H3. The minimum Gasteiger partial charge on any atom is -0.463 e. The number of hydrogen-bond donors (Lipinski definition) is 0. The molecule has 0 atom stereocenters. The number of halogens is 2. The van der Waals surface area contributed by atoms with Crippen LogP contribution < -0.4 is 0 Å². The summed E-state index contributed by atoms with van der Waals surface area (Å²) in [4.78, 5) is 12.7. The van der Waals surface area contributed by atoms with E-state index in [0.29, 0.717) is 18.6 Å². The molecule has 5 heteroatoms. The molecular formula is C14H12ClIO2S. The first kappa shape index (κ1) is 14.8. The summed E-state index contributed by atoms with van der Waals surface area (Å²) < 4.78 is 7.25. The van der Waals surface area contributed by atoms with Crippen molar-refractivity contribution in [3.05, 3.63) is 43.8 Å². The van der Waals surface area contributed by atoms with Crippen LogP contribution in [0.25, 0.3) is 10.1 Å². The van der Waals surface area contributed by atoms with Crippen molar-refractivity contribution in [2.24, 2.45) is 0 Å². The van der Waals surface area contributed by atoms with Gasteiger partial charge in [0.1, 0.15) is 0 Å². The van der Waals surface area contributed by atoms with Gasteiger partial charge in [-0.2, -0.15) is 0 Å². The number of hydrogen-bond acceptors (Lipinski definition) is 3. The Balaban J connectivity index is 2.29. The summed E-state index contributed by atoms with van der Waals surface area (Å²) in [5, 5.41) is 1.85. The number of esters is 1. The van der Waals surface area contributed by atoms with Gasteiger partial charge in [0, 0.05) is 35.6 Å². The fourth-order valence-corrected chi connectivity index (χ4v) is 4.14. The Morgan fingerprint density at radius 1 is 1.53 bits per heavy atom. The SMILES string of the molecule is C=C(Cc1sc2ccc(Cl)cc2c1I)C(=O)OCC. The smallest absolute Gasteiger partial charge is 0.333 e. The van der Waals surface area contributed by atoms with Crippen molar-refractivity contribution in [3.8, 4) is 0 Å². The summed E-state index contributed by atoms with van der Waals surface area (Å²) in [7, 11) is 0. The first-order chi connectivity index (χ1) is 9.02. The Morgan fingerprint density at radius 3 is 2.95 bits per heavy atom. The second-order valence-corrected chi connectivity index (χ2v) is 6.63. The summed E-state index contributed by atoms with van der Waals surface area (Å²) >= 11 is 9.96. The van der Waals surface area contributed by atoms with E-state index >= 15 is 0 Å². The molecule has 1 aromatic heterocycles. The largest absolute Gasteiger partial charge is 0.463 e. The molecule has 0 saturated carbocycles. The van der Waals surface area contributed by atoms with Crippen LogP contribution >= 0.6 is 45.5 Å². The van der Waals surface area contributed by atoms with Crippen LogP contribution in [0.5, 0.6) is 0 Å². The first-order valence-electron chi connectivity index (χ1n) is 5.74. The Labute approximate surface area is 134 Å². The summed E-state index contributed by atoms with van der Waals surface area (Å²) in [5.74, 6) is -0.325. The van der Waals surface area contributed by atoms with Crippen LogP contribution in [0.1, 0.15) is 11.8 Å². The van der Waals surface area contributed by atoms with E-state index in [9.17, 15) is 4.79 Å². The van der Waals surface area contributed by atoms with Crippen molar-refractivity contribution in [2.45, 2.75) is 13.3 Å². The van der Waals surface area contributed by atoms with Crippen molar-refractivity contribution < 1.29 is 9.53 Å². The lowest BCUT2D eigenvalue weighted by Crippen LogP contribution is -2.08. The molecule has 0 aliphatic rings. The van der Waals surface area contributed by atoms with Crippen LogP contribution in [0, 0.1) is 3.57 Å². The van der Waals surface area contributed by atoms with Crippen LogP contribution in [0.3, 0.4) is 0 Å². The average molecular weight is 407 g/mol. The highest BCUT2D eigenvalue weighted by molar-refractivity contribution is 14.1. The fourth-order valence-electron chi connectivity index (χ4n) is 1.70. The van der Waals surface area contributed by atoms with Crippen LogP contribution in [-0.2, 0) is 16.0 Å². The third-order valence-corrected chi connectivity index (χ3v) is 5.60. The highest BCUT2D eigenvalue weighted by Gasteiger charge is 2.15. The maximum Gasteiger partial charge on any atom is 0.333 e. The molecule has 100 valence electrons. The molecule has 1 aromatic carbocycles. The summed E-state index contributed by atoms with van der Waals surface area (Å²) in [6, 6.07) is 5.83. The zero-order valence-electron chi connectivity index (χ0n) is 10.3. The molecule has 0 bridgehead atoms. The second-order valence-electron chi connectivity index (χ2n) is 3.98. The maximum atomic E-state index is 11.6. The molecule has 0 aliphatic carbocycles. The van der Waals surface area contributed by atoms with E-state index in [1.54, 1.807) is 18.3 Å². The lowest BCUT2D eigenvalue weighted by Gasteiger charge is -2.04. The Bertz CT molecular complexity index is 648. The van der Waals surface area contributed by atoms with E-state index in [-0.39, 0.29) is 5.97 Å². The van der Waals surface area contributed by atoms with Gasteiger partial charge in [0.05, 0.1) is 6.61 Å². The van der Waals surface area contributed by atoms with E-state index in [1.807, 2.05) is 18.2 Å². The molecule has 0 unspecified atom stereocenters. The molecule has 0 radical (unpaired) electrons. The first-order valence-corrected chi connectivity index (χ1v) is 8.01. The Kier molecular flexibility index (Phi) is 4.86. The molecule has 1 heterocycles. The van der Waals surface area contributed by atoms with Crippen molar-refractivity contribution in [1.82, 2.24) is 0 Å². The molecule has 0 saturated heterocycles. The number of rotatable bonds is 4. The van der Waals surface area contributed by atoms with Gasteiger partial charge < -0.3 is 4.74 Å². The number of ether oxygens (including phenoxy) is 1. The van der Waals surface area contributed by atoms with Gasteiger partial charge in [0.15, 0.2) is 0 Å². The average Bonchev–Trinajstić information content (AvgIpc) is 2.67. The van der Waals surface area contributed by atoms with E-state index in [1.165, 1.54) is 4.70 Å². The maximum absolute atomic E-state index is 11.6. The van der Waals surface area contributed by atoms with Crippen LogP contribution in [-0.4, -0.2) is 12.6 Å². The molecule has 2 nitrogen and oxygen atoms in total. The summed E-state index contributed by atoms with van der Waals surface area (Å²) in [5.41, 5.74) is 0.484. The van der Waals surface area contributed by atoms with E-state index < -0.39 is 0 Å². The van der Waals surface area contributed by atoms with E-state index in [0.717, 1.165) is 18.9 Å². The predicted octanol–water partition coefficient (Wildman–Crippen LogP) is 4.82. The van der Waals surface area contributed by atoms with Crippen LogP contribution in [0.4, 0.5) is 0 Å². The molecular weight excluding hydrogens is 395 g/mol. The van der Waals surface area contributed by atoms with Crippen molar-refractivity contribution in [2.75, 3.05) is 6.61 Å². The number of fused-ring (bicyclic) bond motifs is 1. The van der Waals surface area contributed by atoms with Gasteiger partial charge in [0.25, 0.3) is 0 Å². The van der Waals surface area contributed by atoms with Crippen molar-refractivity contribution in [1.29, 1.82) is 0 Å². The molecule has 0 N–H and O–H groups in total. The number of thiophene rings is 1. The highest BCUT2D eigenvalue weighted by atomic mass is 127. The third kappa shape index (κ3) is 3.30. The van der Waals surface area contributed by atoms with Gasteiger partial charge in [-0.25, -0.2) is 4.79 Å². The van der Waals surface area contributed by atoms with E-state index in [2.05, 4.69) is 29.2 Å². The predicted molar refractivity (Wildman–Crippen MR) is 89.0 cm³/mol. The number of carbonyl (C=O) groups excluding carboxylic acids is 1. The Hall–Kier alpha value is -0.590. The number of benzene rings is 1. The van der Waals surface area contributed by atoms with Gasteiger partial charge >= 0.3 is 5.97 Å². The molecule has 19 heavy (non-hydrogen) atoms. The van der Waals surface area contributed by atoms with E-state index in [4.69, 9.17) is 16.3 Å². The summed E-state index contributed by atoms with van der Waals surface area (Å²) in [6.45, 7) is 5.96. The minimum absolute atomic E-state index is 0.325. The molecule has 0 aliphatic heterocycles. The Morgan fingerprint density at radius 2 is 2.26 bits per heavy atom. The van der Waals surface area contributed by atoms with Gasteiger partial charge in [-0.15, -0.1) is 11.3 Å². The monoisotopic (exact) mass is 406 g/mol. The van der Waals surface area contributed by atoms with Crippen LogP contribution in [0.2, 0.25) is 5.02 Å². The molecule has 0 spiro atoms. The van der Waals surface area contributed by atoms with Crippen LogP contribution in [0.15, 0.2) is 30.4 Å². The fraction of sp³-hybridized carbons (Fsp3) is 0.214. The number of carbonyl (C=O) groups is 1. The minimum atomic E-state index is -0.325. The topological polar surface area (TPSA) is 26.3 Å². The quantitative estimate of drug-likeness (QED) is 0.413. The normalized spacial score (nSPS) is 10.7. The highest BCUT2D eigenvalue weighted by Crippen LogP contribution is 2.35. The lowest BCUT2D eigenvalue weighted by atomic mass is 10.1. The molecule has 2 aromatic rings. The molecule has 0 fully saturated rings. The van der Waals surface area contributed by atoms with Gasteiger partial charge in [-0.3, -0.25) is 0 Å². The van der Waals surface area contributed by atoms with Crippen molar-refractivity contribution >= 4 is 61.6 Å². The van der Waals surface area contributed by atoms with Gasteiger partial charge in [-0.1, -0.05) is 18.2 Å².